The lowest BCUT2D eigenvalue weighted by molar-refractivity contribution is 0.116. The maximum absolute atomic E-state index is 9.83. The first kappa shape index (κ1) is 12.1. The Labute approximate surface area is 102 Å². The van der Waals surface area contributed by atoms with Gasteiger partial charge in [-0.1, -0.05) is 32.0 Å². The third-order valence-corrected chi connectivity index (χ3v) is 3.28. The van der Waals surface area contributed by atoms with E-state index in [1.165, 1.54) is 5.39 Å². The molecule has 2 rings (SSSR count). The summed E-state index contributed by atoms with van der Waals surface area (Å²) in [5.74, 6) is 0.310. The smallest absolute Gasteiger partial charge is 0.0704 e. The number of aromatic nitrogens is 2. The van der Waals surface area contributed by atoms with Crippen molar-refractivity contribution in [2.45, 2.75) is 32.8 Å². The third kappa shape index (κ3) is 2.50. The lowest BCUT2D eigenvalue weighted by Crippen LogP contribution is -2.15. The van der Waals surface area contributed by atoms with Gasteiger partial charge in [0.15, 0.2) is 0 Å². The van der Waals surface area contributed by atoms with Crippen molar-refractivity contribution in [1.29, 1.82) is 0 Å². The molecule has 0 aliphatic carbocycles. The molecule has 0 fully saturated rings. The van der Waals surface area contributed by atoms with Crippen molar-refractivity contribution in [1.82, 2.24) is 9.78 Å². The second-order valence-electron chi connectivity index (χ2n) is 4.94. The van der Waals surface area contributed by atoms with Crippen LogP contribution in [0.25, 0.3) is 10.9 Å². The molecule has 3 heteroatoms. The van der Waals surface area contributed by atoms with Crippen LogP contribution in [0, 0.1) is 5.92 Å². The minimum atomic E-state index is -0.240. The zero-order valence-corrected chi connectivity index (χ0v) is 10.7. The summed E-state index contributed by atoms with van der Waals surface area (Å²) in [6.45, 7) is 4.09. The average Bonchev–Trinajstić information content (AvgIpc) is 2.64. The zero-order chi connectivity index (χ0) is 12.4. The predicted octanol–water partition coefficient (Wildman–Crippen LogP) is 2.52. The van der Waals surface area contributed by atoms with Crippen LogP contribution >= 0.6 is 0 Å². The molecule has 1 N–H and O–H groups in total. The van der Waals surface area contributed by atoms with Crippen LogP contribution in [0.4, 0.5) is 0 Å². The maximum Gasteiger partial charge on any atom is 0.0704 e. The van der Waals surface area contributed by atoms with Crippen LogP contribution in [-0.2, 0) is 13.5 Å². The Balaban J connectivity index is 2.19. The van der Waals surface area contributed by atoms with Gasteiger partial charge in [0.05, 0.1) is 17.3 Å². The molecule has 2 aromatic rings. The minimum absolute atomic E-state index is 0.240. The van der Waals surface area contributed by atoms with E-state index in [1.54, 1.807) is 0 Å². The van der Waals surface area contributed by atoms with E-state index in [0.717, 1.165) is 24.1 Å². The molecule has 0 amide bonds. The molecule has 1 heterocycles. The quantitative estimate of drug-likeness (QED) is 0.879. The fourth-order valence-corrected chi connectivity index (χ4v) is 2.09. The van der Waals surface area contributed by atoms with Crippen LogP contribution in [-0.4, -0.2) is 21.0 Å². The summed E-state index contributed by atoms with van der Waals surface area (Å²) >= 11 is 0. The fraction of sp³-hybridized carbons (Fsp3) is 0.500. The number of aryl methyl sites for hydroxylation is 2. The molecule has 1 unspecified atom stereocenters. The Morgan fingerprint density at radius 1 is 1.29 bits per heavy atom. The predicted molar refractivity (Wildman–Crippen MR) is 69.9 cm³/mol. The summed E-state index contributed by atoms with van der Waals surface area (Å²) in [5, 5.41) is 15.6. The van der Waals surface area contributed by atoms with E-state index >= 15 is 0 Å². The van der Waals surface area contributed by atoms with Crippen LogP contribution in [0.2, 0.25) is 0 Å². The van der Waals surface area contributed by atoms with Gasteiger partial charge in [0.2, 0.25) is 0 Å². The van der Waals surface area contributed by atoms with Crippen molar-refractivity contribution in [2.75, 3.05) is 0 Å². The molecule has 92 valence electrons. The van der Waals surface area contributed by atoms with Crippen molar-refractivity contribution in [3.8, 4) is 0 Å². The van der Waals surface area contributed by atoms with E-state index in [0.29, 0.717) is 5.92 Å². The number of rotatable bonds is 4. The summed E-state index contributed by atoms with van der Waals surface area (Å²) in [7, 11) is 1.96. The molecule has 1 aromatic heterocycles. The van der Waals surface area contributed by atoms with Gasteiger partial charge < -0.3 is 5.11 Å². The number of nitrogens with zero attached hydrogens (tertiary/aromatic N) is 2. The first-order valence-corrected chi connectivity index (χ1v) is 6.18. The first-order chi connectivity index (χ1) is 8.09. The number of para-hydroxylation sites is 1. The highest BCUT2D eigenvalue weighted by Crippen LogP contribution is 2.20. The summed E-state index contributed by atoms with van der Waals surface area (Å²) in [6, 6.07) is 8.23. The van der Waals surface area contributed by atoms with Gasteiger partial charge >= 0.3 is 0 Å². The molecule has 0 spiro atoms. The molecule has 1 aromatic carbocycles. The van der Waals surface area contributed by atoms with Gasteiger partial charge in [-0.2, -0.15) is 5.10 Å². The number of hydrogen-bond acceptors (Lipinski definition) is 2. The Kier molecular flexibility index (Phi) is 3.48. The third-order valence-electron chi connectivity index (χ3n) is 3.28. The Hall–Kier alpha value is -1.35. The molecule has 0 saturated carbocycles. The van der Waals surface area contributed by atoms with Gasteiger partial charge in [0.25, 0.3) is 0 Å². The highest BCUT2D eigenvalue weighted by molar-refractivity contribution is 5.81. The summed E-state index contributed by atoms with van der Waals surface area (Å²) < 4.78 is 1.91. The van der Waals surface area contributed by atoms with Crippen molar-refractivity contribution in [2.24, 2.45) is 13.0 Å². The van der Waals surface area contributed by atoms with Gasteiger partial charge in [-0.15, -0.1) is 0 Å². The van der Waals surface area contributed by atoms with Gasteiger partial charge in [0, 0.05) is 12.4 Å². The molecular formula is C14H20N2O. The monoisotopic (exact) mass is 232 g/mol. The molecule has 17 heavy (non-hydrogen) atoms. The number of benzene rings is 1. The Morgan fingerprint density at radius 2 is 2.00 bits per heavy atom. The Bertz CT molecular complexity index is 502. The normalized spacial score (nSPS) is 13.5. The van der Waals surface area contributed by atoms with E-state index in [2.05, 4.69) is 17.2 Å². The zero-order valence-electron chi connectivity index (χ0n) is 10.7. The first-order valence-electron chi connectivity index (χ1n) is 6.18. The van der Waals surface area contributed by atoms with Crippen LogP contribution in [0.1, 0.15) is 26.0 Å². The largest absolute Gasteiger partial charge is 0.393 e. The van der Waals surface area contributed by atoms with E-state index < -0.39 is 0 Å². The van der Waals surface area contributed by atoms with E-state index in [9.17, 15) is 5.11 Å². The van der Waals surface area contributed by atoms with Crippen molar-refractivity contribution in [3.05, 3.63) is 30.0 Å². The number of hydrogen-bond donors (Lipinski definition) is 1. The standard InChI is InChI=1S/C14H20N2O/c1-10(2)14(17)9-8-12-11-6-4-5-7-13(11)16(3)15-12/h4-7,10,14,17H,8-9H2,1-3H3. The second kappa shape index (κ2) is 4.88. The lowest BCUT2D eigenvalue weighted by atomic mass is 10.0. The molecule has 1 atom stereocenters. The molecule has 3 nitrogen and oxygen atoms in total. The van der Waals surface area contributed by atoms with E-state index in [1.807, 2.05) is 37.7 Å². The van der Waals surface area contributed by atoms with Gasteiger partial charge in [0.1, 0.15) is 0 Å². The Morgan fingerprint density at radius 3 is 2.71 bits per heavy atom. The molecule has 0 saturated heterocycles. The molecule has 0 radical (unpaired) electrons. The van der Waals surface area contributed by atoms with Crippen LogP contribution in [0.15, 0.2) is 24.3 Å². The SMILES string of the molecule is CC(C)C(O)CCc1nn(C)c2ccccc12. The van der Waals surface area contributed by atoms with Crippen molar-refractivity contribution >= 4 is 10.9 Å². The maximum atomic E-state index is 9.83. The highest BCUT2D eigenvalue weighted by atomic mass is 16.3. The number of aliphatic hydroxyl groups is 1. The summed E-state index contributed by atoms with van der Waals surface area (Å²) in [4.78, 5) is 0. The number of fused-ring (bicyclic) bond motifs is 1. The van der Waals surface area contributed by atoms with Crippen molar-refractivity contribution in [3.63, 3.8) is 0 Å². The molecular weight excluding hydrogens is 212 g/mol. The molecule has 0 aliphatic rings. The van der Waals surface area contributed by atoms with Gasteiger partial charge in [-0.25, -0.2) is 0 Å². The number of aliphatic hydroxyl groups excluding tert-OH is 1. The highest BCUT2D eigenvalue weighted by Gasteiger charge is 2.12. The van der Waals surface area contributed by atoms with Crippen LogP contribution in [0.5, 0.6) is 0 Å². The minimum Gasteiger partial charge on any atom is -0.393 e. The van der Waals surface area contributed by atoms with Gasteiger partial charge in [-0.05, 0) is 24.8 Å². The van der Waals surface area contributed by atoms with Crippen LogP contribution in [0.3, 0.4) is 0 Å². The molecule has 0 bridgehead atoms. The van der Waals surface area contributed by atoms with Gasteiger partial charge in [-0.3, -0.25) is 4.68 Å². The lowest BCUT2D eigenvalue weighted by Gasteiger charge is -2.12. The van der Waals surface area contributed by atoms with E-state index in [4.69, 9.17) is 0 Å². The molecule has 0 aliphatic heterocycles. The van der Waals surface area contributed by atoms with E-state index in [-0.39, 0.29) is 6.10 Å². The van der Waals surface area contributed by atoms with Crippen LogP contribution < -0.4 is 0 Å². The average molecular weight is 232 g/mol. The second-order valence-corrected chi connectivity index (χ2v) is 4.94. The topological polar surface area (TPSA) is 38.1 Å². The summed E-state index contributed by atoms with van der Waals surface area (Å²) in [5.41, 5.74) is 2.24. The summed E-state index contributed by atoms with van der Waals surface area (Å²) in [6.07, 6.45) is 1.37. The van der Waals surface area contributed by atoms with Crippen molar-refractivity contribution < 1.29 is 5.11 Å². The fourth-order valence-electron chi connectivity index (χ4n) is 2.09.